The molecule has 0 saturated carbocycles. The van der Waals surface area contributed by atoms with E-state index in [-0.39, 0.29) is 11.9 Å². The number of amides is 1. The van der Waals surface area contributed by atoms with Crippen molar-refractivity contribution >= 4 is 28.1 Å². The lowest BCUT2D eigenvalue weighted by atomic mass is 10.2. The standard InChI is InChI=1S/C18H18N6O2/c1-11(2)23-10-12-7-14(16(26-3)8-13(12)22-23)21-18(25)15-9-19-17-5-4-6-20-24(15)17/h4-11H,1-3H3,(H,21,25). The average Bonchev–Trinajstić information content (AvgIpc) is 3.24. The van der Waals surface area contributed by atoms with Crippen molar-refractivity contribution in [1.29, 1.82) is 0 Å². The number of ether oxygens (including phenoxy) is 1. The highest BCUT2D eigenvalue weighted by Crippen LogP contribution is 2.30. The SMILES string of the molecule is COc1cc2nn(C(C)C)cc2cc1NC(=O)c1cnc2cccnn12. The van der Waals surface area contributed by atoms with Crippen molar-refractivity contribution < 1.29 is 9.53 Å². The van der Waals surface area contributed by atoms with Gasteiger partial charge in [0.2, 0.25) is 0 Å². The van der Waals surface area contributed by atoms with Crippen LogP contribution in [0.2, 0.25) is 0 Å². The minimum Gasteiger partial charge on any atom is -0.494 e. The molecule has 0 bridgehead atoms. The van der Waals surface area contributed by atoms with Crippen molar-refractivity contribution in [3.63, 3.8) is 0 Å². The van der Waals surface area contributed by atoms with Gasteiger partial charge in [-0.2, -0.15) is 10.2 Å². The van der Waals surface area contributed by atoms with Gasteiger partial charge in [-0.1, -0.05) is 0 Å². The van der Waals surface area contributed by atoms with Crippen LogP contribution in [-0.4, -0.2) is 37.4 Å². The van der Waals surface area contributed by atoms with Gasteiger partial charge in [0.05, 0.1) is 24.5 Å². The summed E-state index contributed by atoms with van der Waals surface area (Å²) >= 11 is 0. The third-order valence-corrected chi connectivity index (χ3v) is 4.13. The third-order valence-electron chi connectivity index (χ3n) is 4.13. The van der Waals surface area contributed by atoms with E-state index in [9.17, 15) is 4.79 Å². The van der Waals surface area contributed by atoms with Crippen LogP contribution in [0, 0.1) is 0 Å². The highest BCUT2D eigenvalue weighted by molar-refractivity contribution is 6.05. The lowest BCUT2D eigenvalue weighted by Crippen LogP contribution is -2.15. The molecule has 0 spiro atoms. The summed E-state index contributed by atoms with van der Waals surface area (Å²) in [6.45, 7) is 4.12. The summed E-state index contributed by atoms with van der Waals surface area (Å²) in [5.74, 6) is 0.228. The Hall–Kier alpha value is -3.42. The molecule has 0 aliphatic carbocycles. The molecule has 0 atom stereocenters. The Morgan fingerprint density at radius 3 is 2.92 bits per heavy atom. The van der Waals surface area contributed by atoms with Crippen molar-refractivity contribution in [3.05, 3.63) is 48.5 Å². The van der Waals surface area contributed by atoms with Crippen molar-refractivity contribution in [2.45, 2.75) is 19.9 Å². The van der Waals surface area contributed by atoms with Gasteiger partial charge in [0.15, 0.2) is 11.3 Å². The zero-order valence-electron chi connectivity index (χ0n) is 14.7. The highest BCUT2D eigenvalue weighted by Gasteiger charge is 2.16. The fourth-order valence-corrected chi connectivity index (χ4v) is 2.77. The summed E-state index contributed by atoms with van der Waals surface area (Å²) in [4.78, 5) is 16.9. The molecule has 0 radical (unpaired) electrons. The van der Waals surface area contributed by atoms with Gasteiger partial charge in [0.1, 0.15) is 5.75 Å². The fourth-order valence-electron chi connectivity index (χ4n) is 2.77. The largest absolute Gasteiger partial charge is 0.494 e. The number of carbonyl (C=O) groups is 1. The predicted octanol–water partition coefficient (Wildman–Crippen LogP) is 2.92. The first-order chi connectivity index (χ1) is 12.6. The molecule has 0 aliphatic heterocycles. The van der Waals surface area contributed by atoms with E-state index < -0.39 is 0 Å². The Morgan fingerprint density at radius 1 is 1.31 bits per heavy atom. The summed E-state index contributed by atoms with van der Waals surface area (Å²) in [6.07, 6.45) is 5.06. The van der Waals surface area contributed by atoms with Crippen LogP contribution in [0.4, 0.5) is 5.69 Å². The second kappa shape index (κ2) is 6.14. The van der Waals surface area contributed by atoms with Crippen LogP contribution < -0.4 is 10.1 Å². The molecule has 132 valence electrons. The molecule has 1 amide bonds. The van der Waals surface area contributed by atoms with Gasteiger partial charge in [0, 0.05) is 29.9 Å². The second-order valence-corrected chi connectivity index (χ2v) is 6.21. The molecule has 0 aliphatic rings. The maximum Gasteiger partial charge on any atom is 0.276 e. The molecule has 0 saturated heterocycles. The smallest absolute Gasteiger partial charge is 0.276 e. The molecule has 4 rings (SSSR count). The molecule has 3 heterocycles. The number of nitrogens with one attached hydrogen (secondary N) is 1. The van der Waals surface area contributed by atoms with E-state index in [1.165, 1.54) is 10.7 Å². The van der Waals surface area contributed by atoms with Gasteiger partial charge < -0.3 is 10.1 Å². The summed E-state index contributed by atoms with van der Waals surface area (Å²) in [5.41, 5.74) is 2.34. The van der Waals surface area contributed by atoms with Gasteiger partial charge >= 0.3 is 0 Å². The second-order valence-electron chi connectivity index (χ2n) is 6.21. The molecule has 0 unspecified atom stereocenters. The molecule has 1 aromatic carbocycles. The molecule has 3 aromatic heterocycles. The number of hydrogen-bond acceptors (Lipinski definition) is 5. The maximum atomic E-state index is 12.7. The number of benzene rings is 1. The molecule has 8 nitrogen and oxygen atoms in total. The normalized spacial score (nSPS) is 11.4. The van der Waals surface area contributed by atoms with E-state index in [1.807, 2.05) is 23.0 Å². The summed E-state index contributed by atoms with van der Waals surface area (Å²) in [6, 6.07) is 7.48. The van der Waals surface area contributed by atoms with Gasteiger partial charge in [0.25, 0.3) is 5.91 Å². The van der Waals surface area contributed by atoms with Crippen molar-refractivity contribution in [3.8, 4) is 5.75 Å². The number of nitrogens with zero attached hydrogens (tertiary/aromatic N) is 5. The van der Waals surface area contributed by atoms with Gasteiger partial charge in [-0.25, -0.2) is 9.50 Å². The van der Waals surface area contributed by atoms with Crippen molar-refractivity contribution in [2.75, 3.05) is 12.4 Å². The van der Waals surface area contributed by atoms with Crippen LogP contribution in [0.1, 0.15) is 30.4 Å². The number of imidazole rings is 1. The lowest BCUT2D eigenvalue weighted by Gasteiger charge is -2.09. The Labute approximate surface area is 149 Å². The van der Waals surface area contributed by atoms with Crippen LogP contribution in [0.5, 0.6) is 5.75 Å². The van der Waals surface area contributed by atoms with Crippen LogP contribution in [0.3, 0.4) is 0 Å². The van der Waals surface area contributed by atoms with Gasteiger partial charge in [-0.3, -0.25) is 9.48 Å². The van der Waals surface area contributed by atoms with E-state index in [4.69, 9.17) is 4.74 Å². The fraction of sp³-hybridized carbons (Fsp3) is 0.222. The number of methoxy groups -OCH3 is 1. The predicted molar refractivity (Wildman–Crippen MR) is 97.6 cm³/mol. The monoisotopic (exact) mass is 350 g/mol. The molecule has 1 N–H and O–H groups in total. The Kier molecular flexibility index (Phi) is 3.80. The Balaban J connectivity index is 1.72. The zero-order valence-corrected chi connectivity index (χ0v) is 14.7. The van der Waals surface area contributed by atoms with Crippen molar-refractivity contribution in [2.24, 2.45) is 0 Å². The molecule has 8 heteroatoms. The average molecular weight is 350 g/mol. The molecular formula is C18H18N6O2. The first kappa shape index (κ1) is 16.1. The molecular weight excluding hydrogens is 332 g/mol. The van der Waals surface area contributed by atoms with Crippen LogP contribution in [0.15, 0.2) is 42.9 Å². The van der Waals surface area contributed by atoms with Crippen LogP contribution in [-0.2, 0) is 0 Å². The Bertz CT molecular complexity index is 1110. The minimum absolute atomic E-state index is 0.246. The summed E-state index contributed by atoms with van der Waals surface area (Å²) < 4.78 is 8.80. The number of fused-ring (bicyclic) bond motifs is 2. The van der Waals surface area contributed by atoms with E-state index in [2.05, 4.69) is 34.3 Å². The molecule has 0 fully saturated rings. The summed E-state index contributed by atoms with van der Waals surface area (Å²) in [5, 5.41) is 12.5. The maximum absolute atomic E-state index is 12.7. The topological polar surface area (TPSA) is 86.3 Å². The van der Waals surface area contributed by atoms with Gasteiger partial charge in [-0.05, 0) is 32.0 Å². The molecule has 26 heavy (non-hydrogen) atoms. The first-order valence-electron chi connectivity index (χ1n) is 8.24. The lowest BCUT2D eigenvalue weighted by molar-refractivity contribution is 0.102. The molecule has 4 aromatic rings. The first-order valence-corrected chi connectivity index (χ1v) is 8.24. The van der Waals surface area contributed by atoms with Crippen LogP contribution >= 0.6 is 0 Å². The zero-order chi connectivity index (χ0) is 18.3. The quantitative estimate of drug-likeness (QED) is 0.611. The van der Waals surface area contributed by atoms with E-state index in [0.717, 1.165) is 10.9 Å². The number of rotatable bonds is 4. The number of aromatic nitrogens is 5. The third kappa shape index (κ3) is 2.65. The highest BCUT2D eigenvalue weighted by atomic mass is 16.5. The Morgan fingerprint density at radius 2 is 2.15 bits per heavy atom. The van der Waals surface area contributed by atoms with E-state index in [1.54, 1.807) is 25.4 Å². The van der Waals surface area contributed by atoms with E-state index >= 15 is 0 Å². The van der Waals surface area contributed by atoms with E-state index in [0.29, 0.717) is 22.8 Å². The number of hydrogen-bond donors (Lipinski definition) is 1. The van der Waals surface area contributed by atoms with Crippen molar-refractivity contribution in [1.82, 2.24) is 24.4 Å². The summed E-state index contributed by atoms with van der Waals surface area (Å²) in [7, 11) is 1.56. The van der Waals surface area contributed by atoms with Crippen LogP contribution in [0.25, 0.3) is 16.6 Å². The number of carbonyl (C=O) groups excluding carboxylic acids is 1. The number of anilines is 1. The minimum atomic E-state index is -0.315. The van der Waals surface area contributed by atoms with Gasteiger partial charge in [-0.15, -0.1) is 0 Å².